The van der Waals surface area contributed by atoms with E-state index in [4.69, 9.17) is 10.8 Å². The monoisotopic (exact) mass is 285 g/mol. The molecule has 5 nitrogen and oxygen atoms in total. The van der Waals surface area contributed by atoms with E-state index in [0.29, 0.717) is 23.8 Å². The summed E-state index contributed by atoms with van der Waals surface area (Å²) in [6, 6.07) is 9.62. The number of amides is 1. The normalized spacial score (nSPS) is 14.1. The van der Waals surface area contributed by atoms with E-state index in [1.54, 1.807) is 6.07 Å². The summed E-state index contributed by atoms with van der Waals surface area (Å²) in [4.78, 5) is 12.4. The zero-order valence-corrected chi connectivity index (χ0v) is 11.7. The number of benzene rings is 1. The van der Waals surface area contributed by atoms with Gasteiger partial charge in [-0.05, 0) is 43.0 Å². The Kier molecular flexibility index (Phi) is 3.66. The number of nitrogens with zero attached hydrogens (tertiary/aromatic N) is 1. The maximum Gasteiger partial charge on any atom is 0.272 e. The van der Waals surface area contributed by atoms with Gasteiger partial charge in [-0.1, -0.05) is 12.1 Å². The summed E-state index contributed by atoms with van der Waals surface area (Å²) in [5.41, 5.74) is 8.81. The molecule has 5 heteroatoms. The predicted octanol–water partition coefficient (Wildman–Crippen LogP) is 2.19. The van der Waals surface area contributed by atoms with Crippen LogP contribution < -0.4 is 11.1 Å². The van der Waals surface area contributed by atoms with Gasteiger partial charge in [0, 0.05) is 24.5 Å². The number of nitrogens with one attached hydrogen (secondary N) is 1. The van der Waals surface area contributed by atoms with E-state index < -0.39 is 0 Å². The molecule has 0 unspecified atom stereocenters. The van der Waals surface area contributed by atoms with Crippen LogP contribution in [0.2, 0.25) is 0 Å². The molecule has 0 aliphatic heterocycles. The number of carbonyl (C=O) groups is 1. The maximum atomic E-state index is 12.4. The minimum atomic E-state index is -0.145. The van der Waals surface area contributed by atoms with Crippen molar-refractivity contribution < 1.29 is 9.90 Å². The van der Waals surface area contributed by atoms with Crippen molar-refractivity contribution in [1.82, 2.24) is 4.57 Å². The van der Waals surface area contributed by atoms with Crippen LogP contribution in [0.4, 0.5) is 11.4 Å². The van der Waals surface area contributed by atoms with Gasteiger partial charge in [-0.2, -0.15) is 0 Å². The molecule has 1 aliphatic carbocycles. The van der Waals surface area contributed by atoms with Crippen LogP contribution >= 0.6 is 0 Å². The van der Waals surface area contributed by atoms with Gasteiger partial charge in [0.1, 0.15) is 5.69 Å². The Balaban J connectivity index is 1.73. The number of carbonyl (C=O) groups excluding carboxylic acids is 1. The van der Waals surface area contributed by atoms with Crippen molar-refractivity contribution in [3.63, 3.8) is 0 Å². The lowest BCUT2D eigenvalue weighted by atomic mass is 10.1. The van der Waals surface area contributed by atoms with Crippen LogP contribution in [0.15, 0.2) is 36.5 Å². The smallest absolute Gasteiger partial charge is 0.272 e. The molecule has 1 saturated carbocycles. The number of nitrogen functional groups attached to an aromatic ring is 1. The van der Waals surface area contributed by atoms with Gasteiger partial charge < -0.3 is 20.7 Å². The van der Waals surface area contributed by atoms with Gasteiger partial charge in [-0.25, -0.2) is 0 Å². The van der Waals surface area contributed by atoms with Crippen LogP contribution in [0.3, 0.4) is 0 Å². The van der Waals surface area contributed by atoms with Crippen molar-refractivity contribution in [2.24, 2.45) is 0 Å². The van der Waals surface area contributed by atoms with Crippen LogP contribution in [-0.4, -0.2) is 22.2 Å². The third-order valence-corrected chi connectivity index (χ3v) is 3.65. The number of aliphatic hydroxyl groups excluding tert-OH is 1. The Bertz CT molecular complexity index is 642. The quantitative estimate of drug-likeness (QED) is 0.787. The second-order valence-electron chi connectivity index (χ2n) is 5.42. The molecule has 0 atom stereocenters. The molecular weight excluding hydrogens is 266 g/mol. The van der Waals surface area contributed by atoms with E-state index in [9.17, 15) is 4.79 Å². The van der Waals surface area contributed by atoms with E-state index >= 15 is 0 Å². The molecule has 0 radical (unpaired) electrons. The molecule has 4 N–H and O–H groups in total. The van der Waals surface area contributed by atoms with E-state index in [2.05, 4.69) is 5.32 Å². The number of hydrogen-bond acceptors (Lipinski definition) is 3. The maximum absolute atomic E-state index is 12.4. The standard InChI is InChI=1S/C16H19N3O2/c17-12-9-15(19(10-12)14-5-6-14)16(21)18-13-3-1-11(2-4-13)7-8-20/h1-4,9-10,14,20H,5-8,17H2,(H,18,21). The van der Waals surface area contributed by atoms with Gasteiger partial charge in [0.15, 0.2) is 0 Å². The fourth-order valence-corrected chi connectivity index (χ4v) is 2.42. The molecule has 21 heavy (non-hydrogen) atoms. The van der Waals surface area contributed by atoms with Gasteiger partial charge in [-0.15, -0.1) is 0 Å². The third-order valence-electron chi connectivity index (χ3n) is 3.65. The summed E-state index contributed by atoms with van der Waals surface area (Å²) >= 11 is 0. The summed E-state index contributed by atoms with van der Waals surface area (Å²) < 4.78 is 1.96. The predicted molar refractivity (Wildman–Crippen MR) is 82.3 cm³/mol. The fraction of sp³-hybridized carbons (Fsp3) is 0.312. The Morgan fingerprint density at radius 1 is 1.33 bits per heavy atom. The zero-order valence-electron chi connectivity index (χ0n) is 11.7. The summed E-state index contributed by atoms with van der Waals surface area (Å²) in [6.07, 6.45) is 4.65. The first-order valence-electron chi connectivity index (χ1n) is 7.16. The Hall–Kier alpha value is -2.27. The van der Waals surface area contributed by atoms with Gasteiger partial charge in [0.25, 0.3) is 5.91 Å². The molecular formula is C16H19N3O2. The minimum Gasteiger partial charge on any atom is -0.397 e. The molecule has 1 amide bonds. The first-order valence-corrected chi connectivity index (χ1v) is 7.16. The van der Waals surface area contributed by atoms with Gasteiger partial charge in [-0.3, -0.25) is 4.79 Å². The topological polar surface area (TPSA) is 80.3 Å². The van der Waals surface area contributed by atoms with Crippen molar-refractivity contribution in [2.75, 3.05) is 17.7 Å². The van der Waals surface area contributed by atoms with Gasteiger partial charge >= 0.3 is 0 Å². The molecule has 0 saturated heterocycles. The number of aliphatic hydroxyl groups is 1. The van der Waals surface area contributed by atoms with Gasteiger partial charge in [0.2, 0.25) is 0 Å². The lowest BCUT2D eigenvalue weighted by molar-refractivity contribution is 0.101. The largest absolute Gasteiger partial charge is 0.397 e. The molecule has 1 aromatic carbocycles. The highest BCUT2D eigenvalue weighted by Crippen LogP contribution is 2.37. The first-order chi connectivity index (χ1) is 10.2. The lowest BCUT2D eigenvalue weighted by Crippen LogP contribution is -2.16. The number of anilines is 2. The summed E-state index contributed by atoms with van der Waals surface area (Å²) in [6.45, 7) is 0.125. The SMILES string of the molecule is Nc1cc(C(=O)Nc2ccc(CCO)cc2)n(C2CC2)c1. The molecule has 0 bridgehead atoms. The molecule has 1 aromatic heterocycles. The van der Waals surface area contributed by atoms with Crippen molar-refractivity contribution in [1.29, 1.82) is 0 Å². The number of aromatic nitrogens is 1. The summed E-state index contributed by atoms with van der Waals surface area (Å²) in [7, 11) is 0. The van der Waals surface area contributed by atoms with Crippen molar-refractivity contribution in [2.45, 2.75) is 25.3 Å². The Labute approximate surface area is 123 Å². The summed E-state index contributed by atoms with van der Waals surface area (Å²) in [5, 5.41) is 11.8. The van der Waals surface area contributed by atoms with Gasteiger partial charge in [0.05, 0.1) is 5.69 Å². The minimum absolute atomic E-state index is 0.125. The Morgan fingerprint density at radius 3 is 2.67 bits per heavy atom. The van der Waals surface area contributed by atoms with Crippen LogP contribution in [0.25, 0.3) is 0 Å². The number of rotatable bonds is 5. The third kappa shape index (κ3) is 3.08. The molecule has 3 rings (SSSR count). The Morgan fingerprint density at radius 2 is 2.05 bits per heavy atom. The average Bonchev–Trinajstić information content (AvgIpc) is 3.24. The zero-order chi connectivity index (χ0) is 14.8. The van der Waals surface area contributed by atoms with E-state index in [1.807, 2.05) is 35.0 Å². The van der Waals surface area contributed by atoms with Crippen molar-refractivity contribution in [3.05, 3.63) is 47.8 Å². The van der Waals surface area contributed by atoms with E-state index in [1.165, 1.54) is 0 Å². The molecule has 1 fully saturated rings. The van der Waals surface area contributed by atoms with Crippen molar-refractivity contribution in [3.8, 4) is 0 Å². The molecule has 2 aromatic rings. The fourth-order valence-electron chi connectivity index (χ4n) is 2.42. The van der Waals surface area contributed by atoms with Crippen LogP contribution in [0.5, 0.6) is 0 Å². The lowest BCUT2D eigenvalue weighted by Gasteiger charge is -2.09. The summed E-state index contributed by atoms with van der Waals surface area (Å²) in [5.74, 6) is -0.145. The van der Waals surface area contributed by atoms with E-state index in [0.717, 1.165) is 24.1 Å². The van der Waals surface area contributed by atoms with E-state index in [-0.39, 0.29) is 12.5 Å². The second kappa shape index (κ2) is 5.61. The first kappa shape index (κ1) is 13.7. The molecule has 0 spiro atoms. The van der Waals surface area contributed by atoms with Crippen LogP contribution in [0.1, 0.15) is 34.9 Å². The highest BCUT2D eigenvalue weighted by atomic mass is 16.3. The molecule has 1 aliphatic rings. The molecule has 1 heterocycles. The van der Waals surface area contributed by atoms with Crippen LogP contribution in [-0.2, 0) is 6.42 Å². The average molecular weight is 285 g/mol. The highest BCUT2D eigenvalue weighted by Gasteiger charge is 2.27. The van der Waals surface area contributed by atoms with Crippen LogP contribution in [0, 0.1) is 0 Å². The number of hydrogen-bond donors (Lipinski definition) is 3. The number of nitrogens with two attached hydrogens (primary N) is 1. The second-order valence-corrected chi connectivity index (χ2v) is 5.42. The van der Waals surface area contributed by atoms with Crippen molar-refractivity contribution >= 4 is 17.3 Å². The molecule has 110 valence electrons. The highest BCUT2D eigenvalue weighted by molar-refractivity contribution is 6.03.